The van der Waals surface area contributed by atoms with Gasteiger partial charge in [0, 0.05) is 11.6 Å². The molecule has 1 nitrogen and oxygen atoms in total. The van der Waals surface area contributed by atoms with Gasteiger partial charge in [0.1, 0.15) is 0 Å². The van der Waals surface area contributed by atoms with Crippen molar-refractivity contribution in [1.29, 1.82) is 0 Å². The molecule has 0 aromatic rings. The lowest BCUT2D eigenvalue weighted by Gasteiger charge is -2.48. The van der Waals surface area contributed by atoms with Crippen LogP contribution in [-0.4, -0.2) is 11.6 Å². The summed E-state index contributed by atoms with van der Waals surface area (Å²) in [6.07, 6.45) is 1.34. The van der Waals surface area contributed by atoms with Crippen LogP contribution in [0.1, 0.15) is 34.1 Å². The smallest absolute Gasteiger partial charge is 0.0193 e. The van der Waals surface area contributed by atoms with E-state index in [4.69, 9.17) is 0 Å². The summed E-state index contributed by atoms with van der Waals surface area (Å²) >= 11 is 0. The Morgan fingerprint density at radius 2 is 2.00 bits per heavy atom. The predicted octanol–water partition coefficient (Wildman–Crippen LogP) is 1.78. The number of hydrogen-bond acceptors (Lipinski definition) is 1. The molecule has 0 radical (unpaired) electrons. The fraction of sp³-hybridized carbons (Fsp3) is 1.00. The first kappa shape index (κ1) is 7.07. The van der Waals surface area contributed by atoms with E-state index in [-0.39, 0.29) is 0 Å². The van der Waals surface area contributed by atoms with Crippen LogP contribution in [0, 0.1) is 5.92 Å². The Balaban J connectivity index is 2.40. The maximum absolute atomic E-state index is 3.52. The van der Waals surface area contributed by atoms with Crippen LogP contribution in [0.2, 0.25) is 0 Å². The molecule has 0 saturated carbocycles. The van der Waals surface area contributed by atoms with Crippen molar-refractivity contribution in [3.8, 4) is 0 Å². The Hall–Kier alpha value is -0.0400. The summed E-state index contributed by atoms with van der Waals surface area (Å²) < 4.78 is 0. The van der Waals surface area contributed by atoms with Crippen molar-refractivity contribution in [2.24, 2.45) is 5.92 Å². The van der Waals surface area contributed by atoms with Crippen LogP contribution in [0.4, 0.5) is 0 Å². The minimum absolute atomic E-state index is 0.444. The summed E-state index contributed by atoms with van der Waals surface area (Å²) in [5.74, 6) is 0.772. The molecule has 9 heavy (non-hydrogen) atoms. The van der Waals surface area contributed by atoms with Crippen molar-refractivity contribution in [3.05, 3.63) is 0 Å². The third kappa shape index (κ3) is 1.11. The van der Waals surface area contributed by atoms with E-state index in [1.807, 2.05) is 0 Å². The topological polar surface area (TPSA) is 12.0 Å². The molecule has 1 rings (SSSR count). The fourth-order valence-electron chi connectivity index (χ4n) is 1.58. The Morgan fingerprint density at radius 1 is 1.56 bits per heavy atom. The molecule has 2 atom stereocenters. The maximum Gasteiger partial charge on any atom is 0.0193 e. The van der Waals surface area contributed by atoms with Gasteiger partial charge >= 0.3 is 0 Å². The molecule has 1 aliphatic rings. The Morgan fingerprint density at radius 3 is 2.11 bits per heavy atom. The lowest BCUT2D eigenvalue weighted by Crippen LogP contribution is -2.63. The van der Waals surface area contributed by atoms with Gasteiger partial charge in [-0.25, -0.2) is 0 Å². The quantitative estimate of drug-likeness (QED) is 0.566. The molecule has 1 aliphatic heterocycles. The van der Waals surface area contributed by atoms with Gasteiger partial charge in [0.25, 0.3) is 0 Å². The second-order valence-electron chi connectivity index (χ2n) is 3.82. The zero-order chi connectivity index (χ0) is 7.07. The number of nitrogens with one attached hydrogen (secondary N) is 1. The molecule has 1 saturated heterocycles. The van der Waals surface area contributed by atoms with E-state index < -0.39 is 0 Å². The zero-order valence-corrected chi connectivity index (χ0v) is 6.86. The molecule has 0 bridgehead atoms. The molecule has 0 aliphatic carbocycles. The van der Waals surface area contributed by atoms with Crippen molar-refractivity contribution >= 4 is 0 Å². The summed E-state index contributed by atoms with van der Waals surface area (Å²) in [4.78, 5) is 0. The summed E-state index contributed by atoms with van der Waals surface area (Å²) in [7, 11) is 0. The average molecular weight is 127 g/mol. The molecular weight excluding hydrogens is 110 g/mol. The van der Waals surface area contributed by atoms with Gasteiger partial charge in [0.2, 0.25) is 0 Å². The van der Waals surface area contributed by atoms with Crippen LogP contribution in [0.25, 0.3) is 0 Å². The minimum atomic E-state index is 0.444. The summed E-state index contributed by atoms with van der Waals surface area (Å²) in [6, 6.07) is 0.748. The summed E-state index contributed by atoms with van der Waals surface area (Å²) in [5, 5.41) is 3.52. The normalized spacial score (nSPS) is 43.0. The van der Waals surface area contributed by atoms with Crippen LogP contribution >= 0.6 is 0 Å². The standard InChI is InChI=1S/C8H17N/c1-6(2)8(4)5-7(3)9-8/h6-7,9H,5H2,1-4H3/t7-,8?/m0/s1. The monoisotopic (exact) mass is 127 g/mol. The first-order valence-electron chi connectivity index (χ1n) is 3.82. The van der Waals surface area contributed by atoms with E-state index in [0.717, 1.165) is 12.0 Å². The third-order valence-electron chi connectivity index (χ3n) is 2.58. The van der Waals surface area contributed by atoms with E-state index in [1.54, 1.807) is 0 Å². The third-order valence-corrected chi connectivity index (χ3v) is 2.58. The van der Waals surface area contributed by atoms with Crippen LogP contribution in [-0.2, 0) is 0 Å². The highest BCUT2D eigenvalue weighted by atomic mass is 15.1. The van der Waals surface area contributed by atoms with Gasteiger partial charge in [0.05, 0.1) is 0 Å². The van der Waals surface area contributed by atoms with E-state index >= 15 is 0 Å². The molecule has 1 fully saturated rings. The van der Waals surface area contributed by atoms with Crippen molar-refractivity contribution in [2.45, 2.75) is 45.7 Å². The number of hydrogen-bond donors (Lipinski definition) is 1. The van der Waals surface area contributed by atoms with E-state index in [2.05, 4.69) is 33.0 Å². The number of rotatable bonds is 1. The molecular formula is C8H17N. The highest BCUT2D eigenvalue weighted by molar-refractivity contribution is 4.99. The van der Waals surface area contributed by atoms with Gasteiger partial charge < -0.3 is 5.32 Å². The molecule has 1 N–H and O–H groups in total. The molecule has 0 aromatic heterocycles. The maximum atomic E-state index is 3.52. The fourth-order valence-corrected chi connectivity index (χ4v) is 1.58. The van der Waals surface area contributed by atoms with Gasteiger partial charge in [-0.15, -0.1) is 0 Å². The molecule has 0 amide bonds. The van der Waals surface area contributed by atoms with Crippen LogP contribution in [0.5, 0.6) is 0 Å². The van der Waals surface area contributed by atoms with E-state index in [9.17, 15) is 0 Å². The SMILES string of the molecule is CC(C)C1(C)C[C@H](C)N1. The first-order chi connectivity index (χ1) is 4.04. The Kier molecular flexibility index (Phi) is 1.55. The first-order valence-corrected chi connectivity index (χ1v) is 3.82. The summed E-state index contributed by atoms with van der Waals surface area (Å²) in [6.45, 7) is 9.10. The Bertz CT molecular complexity index is 101. The highest BCUT2D eigenvalue weighted by Crippen LogP contribution is 2.30. The van der Waals surface area contributed by atoms with Crippen molar-refractivity contribution in [2.75, 3.05) is 0 Å². The second kappa shape index (κ2) is 1.98. The van der Waals surface area contributed by atoms with Crippen LogP contribution in [0.3, 0.4) is 0 Å². The van der Waals surface area contributed by atoms with Crippen molar-refractivity contribution < 1.29 is 0 Å². The molecule has 0 spiro atoms. The van der Waals surface area contributed by atoms with Crippen molar-refractivity contribution in [3.63, 3.8) is 0 Å². The molecule has 1 heteroatoms. The second-order valence-corrected chi connectivity index (χ2v) is 3.82. The molecule has 54 valence electrons. The van der Waals surface area contributed by atoms with Gasteiger partial charge in [0.15, 0.2) is 0 Å². The van der Waals surface area contributed by atoms with Crippen LogP contribution < -0.4 is 5.32 Å². The van der Waals surface area contributed by atoms with Gasteiger partial charge in [-0.3, -0.25) is 0 Å². The Labute approximate surface area is 57.8 Å². The highest BCUT2D eigenvalue weighted by Gasteiger charge is 2.38. The average Bonchev–Trinajstić information content (AvgIpc) is 1.62. The minimum Gasteiger partial charge on any atom is -0.309 e. The van der Waals surface area contributed by atoms with Gasteiger partial charge in [-0.2, -0.15) is 0 Å². The summed E-state index contributed by atoms with van der Waals surface area (Å²) in [5.41, 5.74) is 0.444. The van der Waals surface area contributed by atoms with E-state index in [1.165, 1.54) is 6.42 Å². The van der Waals surface area contributed by atoms with E-state index in [0.29, 0.717) is 5.54 Å². The molecule has 0 aromatic carbocycles. The predicted molar refractivity (Wildman–Crippen MR) is 40.5 cm³/mol. The lowest BCUT2D eigenvalue weighted by atomic mass is 9.76. The van der Waals surface area contributed by atoms with Crippen LogP contribution in [0.15, 0.2) is 0 Å². The molecule has 1 heterocycles. The van der Waals surface area contributed by atoms with Crippen molar-refractivity contribution in [1.82, 2.24) is 5.32 Å². The lowest BCUT2D eigenvalue weighted by molar-refractivity contribution is 0.112. The van der Waals surface area contributed by atoms with Gasteiger partial charge in [-0.05, 0) is 26.2 Å². The largest absolute Gasteiger partial charge is 0.309 e. The molecule has 1 unspecified atom stereocenters. The van der Waals surface area contributed by atoms with Gasteiger partial charge in [-0.1, -0.05) is 13.8 Å². The zero-order valence-electron chi connectivity index (χ0n) is 6.86.